The number of amides is 1. The second-order valence-electron chi connectivity index (χ2n) is 6.48. The smallest absolute Gasteiger partial charge is 0.223 e. The van der Waals surface area contributed by atoms with Crippen molar-refractivity contribution in [2.45, 2.75) is 39.0 Å². The lowest BCUT2D eigenvalue weighted by atomic mass is 9.79. The monoisotopic (exact) mass is 316 g/mol. The van der Waals surface area contributed by atoms with Crippen molar-refractivity contribution in [3.63, 3.8) is 0 Å². The second kappa shape index (κ2) is 7.11. The van der Waals surface area contributed by atoms with E-state index in [1.165, 1.54) is 0 Å². The van der Waals surface area contributed by atoms with Gasteiger partial charge < -0.3 is 10.1 Å². The fourth-order valence-corrected chi connectivity index (χ4v) is 3.77. The molecule has 1 amide bonds. The van der Waals surface area contributed by atoms with Gasteiger partial charge in [-0.1, -0.05) is 6.07 Å². The number of nitrogens with zero attached hydrogens (tertiary/aromatic N) is 1. The van der Waals surface area contributed by atoms with E-state index >= 15 is 0 Å². The highest BCUT2D eigenvalue weighted by molar-refractivity contribution is 5.89. The Morgan fingerprint density at radius 2 is 2.04 bits per heavy atom. The molecule has 2 fully saturated rings. The molecule has 2 unspecified atom stereocenters. The van der Waals surface area contributed by atoms with Crippen LogP contribution in [-0.4, -0.2) is 29.8 Å². The van der Waals surface area contributed by atoms with E-state index in [9.17, 15) is 9.59 Å². The zero-order valence-electron chi connectivity index (χ0n) is 13.6. The topological polar surface area (TPSA) is 68.3 Å². The summed E-state index contributed by atoms with van der Waals surface area (Å²) in [5.74, 6) is 1.39. The molecule has 0 aromatic carbocycles. The normalized spacial score (nSPS) is 26.1. The molecule has 5 heteroatoms. The van der Waals surface area contributed by atoms with Crippen LogP contribution in [-0.2, 0) is 16.0 Å². The van der Waals surface area contributed by atoms with Gasteiger partial charge in [0.1, 0.15) is 5.78 Å². The van der Waals surface area contributed by atoms with Crippen molar-refractivity contribution in [2.24, 2.45) is 17.8 Å². The van der Waals surface area contributed by atoms with Gasteiger partial charge in [-0.25, -0.2) is 4.98 Å². The summed E-state index contributed by atoms with van der Waals surface area (Å²) in [6, 6.07) is 5.69. The number of pyridine rings is 1. The molecule has 1 aromatic heterocycles. The molecule has 2 atom stereocenters. The molecule has 3 rings (SSSR count). The predicted octanol–water partition coefficient (Wildman–Crippen LogP) is 2.14. The molecule has 2 saturated carbocycles. The Bertz CT molecular complexity index is 571. The summed E-state index contributed by atoms with van der Waals surface area (Å²) in [4.78, 5) is 28.6. The van der Waals surface area contributed by atoms with Crippen LogP contribution in [0.5, 0.6) is 5.88 Å². The van der Waals surface area contributed by atoms with E-state index < -0.39 is 0 Å². The van der Waals surface area contributed by atoms with E-state index in [-0.39, 0.29) is 23.7 Å². The molecule has 2 bridgehead atoms. The van der Waals surface area contributed by atoms with Crippen LogP contribution in [0.15, 0.2) is 18.2 Å². The maximum absolute atomic E-state index is 12.3. The summed E-state index contributed by atoms with van der Waals surface area (Å²) >= 11 is 0. The van der Waals surface area contributed by atoms with Crippen molar-refractivity contribution in [3.05, 3.63) is 23.9 Å². The van der Waals surface area contributed by atoms with E-state index in [0.717, 1.165) is 31.4 Å². The van der Waals surface area contributed by atoms with Gasteiger partial charge in [0.25, 0.3) is 0 Å². The summed E-state index contributed by atoms with van der Waals surface area (Å²) in [5.41, 5.74) is 0.912. The molecule has 1 aromatic rings. The molecular weight excluding hydrogens is 292 g/mol. The van der Waals surface area contributed by atoms with Crippen molar-refractivity contribution in [1.29, 1.82) is 0 Å². The Morgan fingerprint density at radius 3 is 2.74 bits per heavy atom. The molecule has 5 nitrogen and oxygen atoms in total. The Kier molecular flexibility index (Phi) is 4.94. The van der Waals surface area contributed by atoms with E-state index in [0.29, 0.717) is 31.2 Å². The lowest BCUT2D eigenvalue weighted by Gasteiger charge is -2.25. The summed E-state index contributed by atoms with van der Waals surface area (Å²) in [7, 11) is 0. The molecule has 0 spiro atoms. The quantitative estimate of drug-likeness (QED) is 0.873. The van der Waals surface area contributed by atoms with Gasteiger partial charge in [-0.05, 0) is 38.7 Å². The van der Waals surface area contributed by atoms with Gasteiger partial charge >= 0.3 is 0 Å². The molecule has 23 heavy (non-hydrogen) atoms. The van der Waals surface area contributed by atoms with Gasteiger partial charge in [0.15, 0.2) is 0 Å². The first-order chi connectivity index (χ1) is 11.2. The van der Waals surface area contributed by atoms with Crippen molar-refractivity contribution < 1.29 is 14.3 Å². The molecule has 1 heterocycles. The number of nitrogens with one attached hydrogen (secondary N) is 1. The number of fused-ring (bicyclic) bond motifs is 2. The second-order valence-corrected chi connectivity index (χ2v) is 6.48. The fourth-order valence-electron chi connectivity index (χ4n) is 3.77. The third-order valence-electron chi connectivity index (χ3n) is 4.93. The molecule has 0 aliphatic heterocycles. The molecule has 124 valence electrons. The van der Waals surface area contributed by atoms with Gasteiger partial charge in [-0.2, -0.15) is 0 Å². The minimum atomic E-state index is 0.00733. The maximum atomic E-state index is 12.3. The summed E-state index contributed by atoms with van der Waals surface area (Å²) < 4.78 is 5.38. The first-order valence-corrected chi connectivity index (χ1v) is 8.57. The van der Waals surface area contributed by atoms with Gasteiger partial charge in [0, 0.05) is 42.5 Å². The number of Topliss-reactive ketones (excluding diaryl/α,β-unsaturated/α-hetero) is 1. The Hall–Kier alpha value is -1.91. The van der Waals surface area contributed by atoms with Crippen LogP contribution in [0.25, 0.3) is 0 Å². The third kappa shape index (κ3) is 3.71. The van der Waals surface area contributed by atoms with Crippen LogP contribution < -0.4 is 10.1 Å². The SMILES string of the molecule is CCOc1cccc(CCNC(=O)C2CC3CCC(C2)C3=O)n1. The molecule has 0 saturated heterocycles. The van der Waals surface area contributed by atoms with Crippen molar-refractivity contribution in [1.82, 2.24) is 10.3 Å². The number of ketones is 1. The Labute approximate surface area is 136 Å². The fraction of sp³-hybridized carbons (Fsp3) is 0.611. The summed E-state index contributed by atoms with van der Waals surface area (Å²) in [6.07, 6.45) is 4.10. The number of aromatic nitrogens is 1. The van der Waals surface area contributed by atoms with E-state index in [4.69, 9.17) is 4.74 Å². The summed E-state index contributed by atoms with van der Waals surface area (Å²) in [6.45, 7) is 3.09. The molecule has 2 aliphatic rings. The van der Waals surface area contributed by atoms with Crippen LogP contribution in [0, 0.1) is 17.8 Å². The van der Waals surface area contributed by atoms with Crippen LogP contribution in [0.4, 0.5) is 0 Å². The van der Waals surface area contributed by atoms with Gasteiger partial charge in [-0.15, -0.1) is 0 Å². The van der Waals surface area contributed by atoms with Crippen LogP contribution in [0.1, 0.15) is 38.3 Å². The highest BCUT2D eigenvalue weighted by Gasteiger charge is 2.43. The zero-order valence-corrected chi connectivity index (χ0v) is 13.6. The number of rotatable bonds is 6. The minimum Gasteiger partial charge on any atom is -0.478 e. The molecular formula is C18H24N2O3. The van der Waals surface area contributed by atoms with Crippen molar-refractivity contribution in [3.8, 4) is 5.88 Å². The molecule has 0 radical (unpaired) electrons. The number of hydrogen-bond donors (Lipinski definition) is 1. The van der Waals surface area contributed by atoms with Crippen LogP contribution in [0.2, 0.25) is 0 Å². The van der Waals surface area contributed by atoms with E-state index in [1.54, 1.807) is 0 Å². The Morgan fingerprint density at radius 1 is 1.30 bits per heavy atom. The van der Waals surface area contributed by atoms with E-state index in [1.807, 2.05) is 25.1 Å². The van der Waals surface area contributed by atoms with Crippen molar-refractivity contribution >= 4 is 11.7 Å². The lowest BCUT2D eigenvalue weighted by molar-refractivity contribution is -0.132. The third-order valence-corrected chi connectivity index (χ3v) is 4.93. The van der Waals surface area contributed by atoms with Gasteiger partial charge in [-0.3, -0.25) is 9.59 Å². The zero-order chi connectivity index (χ0) is 16.2. The highest BCUT2D eigenvalue weighted by atomic mass is 16.5. The Balaban J connectivity index is 1.46. The predicted molar refractivity (Wildman–Crippen MR) is 86.1 cm³/mol. The van der Waals surface area contributed by atoms with Gasteiger partial charge in [0.2, 0.25) is 11.8 Å². The van der Waals surface area contributed by atoms with Gasteiger partial charge in [0.05, 0.1) is 6.61 Å². The average molecular weight is 316 g/mol. The molecule has 1 N–H and O–H groups in total. The van der Waals surface area contributed by atoms with E-state index in [2.05, 4.69) is 10.3 Å². The number of carbonyl (C=O) groups is 2. The van der Waals surface area contributed by atoms with Crippen molar-refractivity contribution in [2.75, 3.05) is 13.2 Å². The molecule has 2 aliphatic carbocycles. The van der Waals surface area contributed by atoms with Crippen LogP contribution >= 0.6 is 0 Å². The minimum absolute atomic E-state index is 0.00733. The average Bonchev–Trinajstić information content (AvgIpc) is 2.76. The first-order valence-electron chi connectivity index (χ1n) is 8.57. The maximum Gasteiger partial charge on any atom is 0.223 e. The lowest BCUT2D eigenvalue weighted by Crippen LogP contribution is -2.38. The first kappa shape index (κ1) is 16.0. The number of ether oxygens (including phenoxy) is 1. The largest absolute Gasteiger partial charge is 0.478 e. The number of hydrogen-bond acceptors (Lipinski definition) is 4. The standard InChI is InChI=1S/C18H24N2O3/c1-2-23-16-5-3-4-15(20-16)8-9-19-18(22)14-10-12-6-7-13(11-14)17(12)21/h3-5,12-14H,2,6-11H2,1H3,(H,19,22). The van der Waals surface area contributed by atoms with Crippen LogP contribution in [0.3, 0.4) is 0 Å². The highest BCUT2D eigenvalue weighted by Crippen LogP contribution is 2.41. The summed E-state index contributed by atoms with van der Waals surface area (Å²) in [5, 5.41) is 3.00. The number of carbonyl (C=O) groups excluding carboxylic acids is 2.